The molecule has 0 bridgehead atoms. The first-order valence-electron chi connectivity index (χ1n) is 46.8. The standard InChI is InChI=1S/C58H56N4O6.C32H44N4O2.C24H8O6.CH4/c1-29-11-13-37-43(23-29)45(30-25-55(2,3)61(67)56(4,5)26-30)38-14-12-32(24-44(38)46(37)31-27-57(6,7)62(68)58(8,9)28-31)60-53(65)41-21-17-35-33-15-19-39-49-40(52(64)59(10)51(39)63)20-16-34(47(33)49)36-18-22-42(54(60)66)50(41)48(35)36;1-29(2)15-19(16-30(3,4)35(29)37)27-23-11-9-22(34)14-26(23)28(24-12-10-21(33)13-25(24)27)20-17-31(5,6)36(38)32(7,8)18-20;25-21-13-5-1-9-10-2-6-15-20-16(24(28)30-23(15)27)8-4-12(18(10)20)11-3-7-14(22(26)29-21)19(13)17(9)11;/h11-24,47,49,67-68H,25-28H2,1-10H3;9-14,37-38H,15-18,33-34H2,1-8H3;1-8H;1H4. The maximum absolute atomic E-state index is 15.2. The quantitative estimate of drug-likeness (QED) is 0.0222. The number of hydroxylamine groups is 8. The largest absolute Gasteiger partial charge is 0.399 e. The minimum Gasteiger partial charge on any atom is -0.399 e. The first-order valence-corrected chi connectivity index (χ1v) is 46.8. The number of carbonyl (C=O) groups excluding carboxylic acids is 8. The molecule has 24 rings (SSSR count). The van der Waals surface area contributed by atoms with Crippen LogP contribution >= 0.6 is 0 Å². The van der Waals surface area contributed by atoms with Crippen molar-refractivity contribution in [1.82, 2.24) is 25.2 Å². The number of aryl methyl sites for hydroxylation is 1. The van der Waals surface area contributed by atoms with Gasteiger partial charge in [-0.25, -0.2) is 24.1 Å². The molecule has 0 radical (unpaired) electrons. The summed E-state index contributed by atoms with van der Waals surface area (Å²) in [6.07, 6.45) is 13.1. The van der Waals surface area contributed by atoms with Gasteiger partial charge >= 0.3 is 23.9 Å². The number of likely N-dealkylation sites (tertiary alicyclic amines) is 1. The summed E-state index contributed by atoms with van der Waals surface area (Å²) in [5.41, 5.74) is 24.2. The molecule has 5 saturated heterocycles. The number of nitrogens with zero attached hydrogens (tertiary/aromatic N) is 6. The van der Waals surface area contributed by atoms with E-state index >= 15 is 9.59 Å². The van der Waals surface area contributed by atoms with E-state index in [1.165, 1.54) is 69.8 Å². The molecule has 696 valence electrons. The third-order valence-electron chi connectivity index (χ3n) is 31.3. The zero-order valence-corrected chi connectivity index (χ0v) is 79.7. The lowest BCUT2D eigenvalue weighted by Gasteiger charge is -2.50. The molecule has 137 heavy (non-hydrogen) atoms. The number of rotatable bonds is 1. The first kappa shape index (κ1) is 90.2. The van der Waals surface area contributed by atoms with E-state index in [0.29, 0.717) is 92.1 Å². The molecule has 8 aliphatic heterocycles. The van der Waals surface area contributed by atoms with Crippen LogP contribution in [0.5, 0.6) is 0 Å². The number of esters is 4. The minimum atomic E-state index is -0.666. The van der Waals surface area contributed by atoms with Crippen molar-refractivity contribution in [3.8, 4) is 0 Å². The summed E-state index contributed by atoms with van der Waals surface area (Å²) in [6, 6.07) is 46.7. The van der Waals surface area contributed by atoms with E-state index in [9.17, 15) is 49.6 Å². The van der Waals surface area contributed by atoms with Crippen molar-refractivity contribution in [2.24, 2.45) is 11.8 Å². The van der Waals surface area contributed by atoms with Gasteiger partial charge in [0, 0.05) is 113 Å². The van der Waals surface area contributed by atoms with Crippen LogP contribution in [-0.2, 0) is 19.1 Å². The molecule has 13 aromatic carbocycles. The molecular weight excluding hydrogens is 1720 g/mol. The lowest BCUT2D eigenvalue weighted by atomic mass is 9.60. The van der Waals surface area contributed by atoms with Crippen LogP contribution in [0.2, 0.25) is 0 Å². The molecular formula is C115H112N8O14. The molecule has 13 aromatic rings. The number of benzene rings is 13. The number of allylic oxidation sites excluding steroid dienone is 6. The third kappa shape index (κ3) is 13.0. The molecule has 11 aliphatic rings. The third-order valence-corrected chi connectivity index (χ3v) is 31.3. The van der Waals surface area contributed by atoms with E-state index in [1.54, 1.807) is 24.3 Å². The number of piperidine rings is 5. The Bertz CT molecular complexity index is 7790. The molecule has 3 aliphatic carbocycles. The number of fused-ring (bicyclic) bond motifs is 8. The normalized spacial score (nSPS) is 22.1. The fourth-order valence-electron chi connectivity index (χ4n) is 26.4. The number of nitrogen functional groups attached to an aromatic ring is 2. The Morgan fingerprint density at radius 2 is 0.533 bits per heavy atom. The number of nitrogens with two attached hydrogens (primary N) is 2. The summed E-state index contributed by atoms with van der Waals surface area (Å²) in [6.45, 7) is 35.5. The zero-order chi connectivity index (χ0) is 96.4. The second kappa shape index (κ2) is 29.9. The van der Waals surface area contributed by atoms with E-state index < -0.39 is 85.9 Å². The maximum atomic E-state index is 15.2. The summed E-state index contributed by atoms with van der Waals surface area (Å²) in [7, 11) is 1.53. The average Bonchev–Trinajstić information content (AvgIpc) is 0.689. The summed E-state index contributed by atoms with van der Waals surface area (Å²) in [5.74, 6) is -4.73. The number of likely N-dealkylation sites (N-methyl/N-ethyl adjacent to an activating group) is 1. The molecule has 8 heterocycles. The Morgan fingerprint density at radius 3 is 0.861 bits per heavy atom. The van der Waals surface area contributed by atoms with E-state index in [1.807, 2.05) is 97.1 Å². The fourth-order valence-corrected chi connectivity index (χ4v) is 26.4. The van der Waals surface area contributed by atoms with E-state index in [2.05, 4.69) is 166 Å². The van der Waals surface area contributed by atoms with Gasteiger partial charge in [-0.05, 0) is 366 Å². The predicted octanol–water partition coefficient (Wildman–Crippen LogP) is 20.1. The van der Waals surface area contributed by atoms with Gasteiger partial charge < -0.3 is 41.8 Å². The molecule has 0 unspecified atom stereocenters. The van der Waals surface area contributed by atoms with Gasteiger partial charge in [-0.15, -0.1) is 0 Å². The van der Waals surface area contributed by atoms with Crippen LogP contribution in [0.1, 0.15) is 248 Å². The highest BCUT2D eigenvalue weighted by Gasteiger charge is 2.53. The van der Waals surface area contributed by atoms with Crippen LogP contribution in [0.3, 0.4) is 0 Å². The summed E-state index contributed by atoms with van der Waals surface area (Å²) < 4.78 is 9.74. The number of cyclic esters (lactones) is 4. The molecule has 0 spiro atoms. The Morgan fingerprint density at radius 1 is 0.285 bits per heavy atom. The minimum absolute atomic E-state index is 0. The lowest BCUT2D eigenvalue weighted by Crippen LogP contribution is -2.57. The SMILES string of the molecule is C.CC1(C)CC(=c2c3ccc(N)cc3c(=C3CC(C)(C)N(O)C(C)(C)C3)c3ccc(N)cc23)CC(C)(C)N1O.Cc1ccc2c(=C3CC(C)(C)N(O)C(C)(C)C3)c3cc(N4C(=O)c5ccc6c7c(ccc(c57)C4=O)C4=CC=C5C(=O)N(C)C(=O)C7=CC=C6C4C75)ccc3c(=C3CC(C)(C)N(O)C(C)(C)C3)c2c1.O=C1OC(=O)c2ccc3c4ccc5c6c(ccc(c7ccc1c2c73)c64)C(=O)OC5=O. The van der Waals surface area contributed by atoms with Gasteiger partial charge in [-0.2, -0.15) is 20.3 Å². The monoisotopic (exact) mass is 1830 g/mol. The Kier molecular flexibility index (Phi) is 19.7. The summed E-state index contributed by atoms with van der Waals surface area (Å²) in [5, 5.41) is 71.9. The van der Waals surface area contributed by atoms with Crippen LogP contribution in [0, 0.1) is 18.8 Å². The van der Waals surface area contributed by atoms with E-state index in [4.69, 9.17) is 20.9 Å². The van der Waals surface area contributed by atoms with Crippen molar-refractivity contribution in [3.63, 3.8) is 0 Å². The molecule has 22 heteroatoms. The molecule has 8 N–H and O–H groups in total. The first-order chi connectivity index (χ1) is 64.0. The topological polar surface area (TPSA) is 307 Å². The highest BCUT2D eigenvalue weighted by Crippen LogP contribution is 2.59. The predicted molar refractivity (Wildman–Crippen MR) is 539 cm³/mol. The molecule has 5 fully saturated rings. The van der Waals surface area contributed by atoms with E-state index in [-0.39, 0.29) is 25.2 Å². The Labute approximate surface area is 792 Å². The zero-order valence-electron chi connectivity index (χ0n) is 79.7. The number of carbonyl (C=O) groups is 8. The van der Waals surface area contributed by atoms with Crippen molar-refractivity contribution < 1.29 is 68.7 Å². The second-order valence-electron chi connectivity index (χ2n) is 44.6. The van der Waals surface area contributed by atoms with Crippen molar-refractivity contribution in [1.29, 1.82) is 0 Å². The molecule has 0 atom stereocenters. The van der Waals surface area contributed by atoms with Gasteiger partial charge in [0.25, 0.3) is 23.6 Å². The number of anilines is 3. The molecule has 0 aromatic heterocycles. The van der Waals surface area contributed by atoms with Gasteiger partial charge in [0.1, 0.15) is 0 Å². The summed E-state index contributed by atoms with van der Waals surface area (Å²) in [4.78, 5) is 109. The van der Waals surface area contributed by atoms with Gasteiger partial charge in [-0.3, -0.25) is 24.1 Å². The van der Waals surface area contributed by atoms with Crippen LogP contribution in [0.4, 0.5) is 17.1 Å². The molecule has 4 amide bonds. The molecule has 0 saturated carbocycles. The van der Waals surface area contributed by atoms with Crippen molar-refractivity contribution in [2.75, 3.05) is 23.4 Å². The van der Waals surface area contributed by atoms with Crippen LogP contribution in [0.15, 0.2) is 181 Å². The number of hydrogen-bond acceptors (Lipinski definition) is 20. The number of hydrogen-bond donors (Lipinski definition) is 6. The van der Waals surface area contributed by atoms with Crippen molar-refractivity contribution >= 4 is 195 Å². The van der Waals surface area contributed by atoms with Crippen LogP contribution in [-0.4, -0.2) is 145 Å². The smallest absolute Gasteiger partial charge is 0.346 e. The van der Waals surface area contributed by atoms with Gasteiger partial charge in [-0.1, -0.05) is 132 Å². The summed E-state index contributed by atoms with van der Waals surface area (Å²) >= 11 is 0. The Hall–Kier alpha value is -13.3. The molecule has 22 nitrogen and oxygen atoms in total. The van der Waals surface area contributed by atoms with Crippen molar-refractivity contribution in [2.45, 2.75) is 221 Å². The van der Waals surface area contributed by atoms with Gasteiger partial charge in [0.05, 0.1) is 27.9 Å². The van der Waals surface area contributed by atoms with Crippen LogP contribution < -0.4 is 37.2 Å². The highest BCUT2D eigenvalue weighted by molar-refractivity contribution is 6.41. The van der Waals surface area contributed by atoms with Crippen LogP contribution in [0.25, 0.3) is 130 Å². The second-order valence-corrected chi connectivity index (χ2v) is 44.6. The lowest BCUT2D eigenvalue weighted by molar-refractivity contribution is -0.228. The Balaban J connectivity index is 0.000000136. The van der Waals surface area contributed by atoms with Gasteiger partial charge in [0.2, 0.25) is 0 Å². The van der Waals surface area contributed by atoms with E-state index in [0.717, 1.165) is 156 Å². The highest BCUT2D eigenvalue weighted by atomic mass is 16.6. The number of amides is 4. The number of imide groups is 2. The number of ether oxygens (including phenoxy) is 2. The van der Waals surface area contributed by atoms with Gasteiger partial charge in [0.15, 0.2) is 0 Å². The van der Waals surface area contributed by atoms with Crippen molar-refractivity contribution in [3.05, 3.63) is 252 Å². The maximum Gasteiger partial charge on any atom is 0.346 e. The fraction of sp³-hybridized carbons (Fsp3) is 0.322. The average molecular weight is 1830 g/mol.